The van der Waals surface area contributed by atoms with Gasteiger partial charge in [-0.1, -0.05) is 6.07 Å². The second-order valence-electron chi connectivity index (χ2n) is 6.33. The fraction of sp³-hybridized carbons (Fsp3) is 0.556. The molecule has 0 saturated carbocycles. The predicted octanol–water partition coefficient (Wildman–Crippen LogP) is 3.22. The number of thiophene rings is 1. The van der Waals surface area contributed by atoms with Crippen LogP contribution in [0, 0.1) is 0 Å². The van der Waals surface area contributed by atoms with E-state index in [0.29, 0.717) is 12.6 Å². The van der Waals surface area contributed by atoms with Crippen molar-refractivity contribution in [2.75, 3.05) is 41.8 Å². The van der Waals surface area contributed by atoms with Gasteiger partial charge in [-0.05, 0) is 32.5 Å². The predicted molar refractivity (Wildman–Crippen MR) is 111 cm³/mol. The Labute approximate surface area is 164 Å². The van der Waals surface area contributed by atoms with Gasteiger partial charge in [0.05, 0.1) is 18.3 Å². The maximum Gasteiger partial charge on any atom is 0.193 e. The summed E-state index contributed by atoms with van der Waals surface area (Å²) in [6, 6.07) is 4.59. The van der Waals surface area contributed by atoms with Crippen molar-refractivity contribution in [1.82, 2.24) is 20.1 Å². The summed E-state index contributed by atoms with van der Waals surface area (Å²) >= 11 is 3.42. The number of aliphatic imine (C=N–C) groups is 1. The highest BCUT2D eigenvalue weighted by molar-refractivity contribution is 7.10. The summed E-state index contributed by atoms with van der Waals surface area (Å²) in [5, 5.41) is 8.70. The summed E-state index contributed by atoms with van der Waals surface area (Å²) in [4.78, 5) is 14.8. The van der Waals surface area contributed by atoms with Crippen LogP contribution in [-0.4, -0.2) is 62.6 Å². The molecule has 26 heavy (non-hydrogen) atoms. The largest absolute Gasteiger partial charge is 0.375 e. The molecule has 0 amide bonds. The molecule has 0 saturated heterocycles. The molecule has 6 nitrogen and oxygen atoms in total. The molecule has 2 heterocycles. The molecule has 0 bridgehead atoms. The summed E-state index contributed by atoms with van der Waals surface area (Å²) in [5.74, 6) is 0.864. The van der Waals surface area contributed by atoms with Crippen LogP contribution >= 0.6 is 22.7 Å². The number of aromatic nitrogens is 1. The first-order valence-electron chi connectivity index (χ1n) is 8.55. The maximum atomic E-state index is 5.34. The monoisotopic (exact) mass is 395 g/mol. The smallest absolute Gasteiger partial charge is 0.193 e. The Morgan fingerprint density at radius 1 is 1.35 bits per heavy atom. The molecule has 8 heteroatoms. The van der Waals surface area contributed by atoms with E-state index in [-0.39, 0.29) is 6.10 Å². The average molecular weight is 396 g/mol. The van der Waals surface area contributed by atoms with Gasteiger partial charge in [-0.25, -0.2) is 4.98 Å². The molecular formula is C18H29N5OS2. The Morgan fingerprint density at radius 3 is 2.69 bits per heavy atom. The zero-order chi connectivity index (χ0) is 19.1. The Morgan fingerprint density at radius 2 is 2.12 bits per heavy atom. The molecule has 144 valence electrons. The standard InChI is InChI=1S/C18H29N5OS2/c1-13(24-6)17-21-14(12-26-17)11-23(5)18(19-2)20-10-15(22(3)4)16-8-7-9-25-16/h7-9,12-13,15H,10-11H2,1-6H3,(H,19,20). The highest BCUT2D eigenvalue weighted by atomic mass is 32.1. The van der Waals surface area contributed by atoms with Gasteiger partial charge in [0.2, 0.25) is 0 Å². The first-order valence-corrected chi connectivity index (χ1v) is 10.3. The minimum Gasteiger partial charge on any atom is -0.375 e. The lowest BCUT2D eigenvalue weighted by Crippen LogP contribution is -2.42. The average Bonchev–Trinajstić information content (AvgIpc) is 3.29. The molecule has 2 aromatic rings. The van der Waals surface area contributed by atoms with Crippen LogP contribution in [0.3, 0.4) is 0 Å². The van der Waals surface area contributed by atoms with E-state index in [9.17, 15) is 0 Å². The van der Waals surface area contributed by atoms with Crippen LogP contribution in [0.1, 0.15) is 34.6 Å². The Hall–Kier alpha value is -1.48. The molecule has 2 rings (SSSR count). The van der Waals surface area contributed by atoms with Gasteiger partial charge in [-0.2, -0.15) is 0 Å². The first-order chi connectivity index (χ1) is 12.5. The van der Waals surface area contributed by atoms with Crippen molar-refractivity contribution < 1.29 is 4.74 Å². The molecule has 2 unspecified atom stereocenters. The normalized spacial score (nSPS) is 14.5. The zero-order valence-corrected chi connectivity index (χ0v) is 18.0. The van der Waals surface area contributed by atoms with Crippen LogP contribution < -0.4 is 5.32 Å². The lowest BCUT2D eigenvalue weighted by Gasteiger charge is -2.27. The van der Waals surface area contributed by atoms with Gasteiger partial charge in [0.1, 0.15) is 11.1 Å². The summed E-state index contributed by atoms with van der Waals surface area (Å²) in [6.07, 6.45) is 0.0307. The quantitative estimate of drug-likeness (QED) is 0.549. The van der Waals surface area contributed by atoms with Gasteiger partial charge in [0, 0.05) is 38.0 Å². The fourth-order valence-corrected chi connectivity index (χ4v) is 4.36. The fourth-order valence-electron chi connectivity index (χ4n) is 2.59. The zero-order valence-electron chi connectivity index (χ0n) is 16.4. The van der Waals surface area contributed by atoms with Crippen LogP contribution in [0.2, 0.25) is 0 Å². The summed E-state index contributed by atoms with van der Waals surface area (Å²) in [7, 11) is 9.76. The molecule has 2 aromatic heterocycles. The number of nitrogens with zero attached hydrogens (tertiary/aromatic N) is 4. The lowest BCUT2D eigenvalue weighted by molar-refractivity contribution is 0.119. The van der Waals surface area contributed by atoms with E-state index in [1.54, 1.807) is 29.8 Å². The minimum absolute atomic E-state index is 0.0307. The van der Waals surface area contributed by atoms with Crippen LogP contribution in [0.15, 0.2) is 27.9 Å². The van der Waals surface area contributed by atoms with E-state index in [0.717, 1.165) is 23.2 Å². The number of ether oxygens (including phenoxy) is 1. The van der Waals surface area contributed by atoms with E-state index < -0.39 is 0 Å². The van der Waals surface area contributed by atoms with Gasteiger partial charge in [0.25, 0.3) is 0 Å². The second-order valence-corrected chi connectivity index (χ2v) is 8.20. The van der Waals surface area contributed by atoms with Crippen LogP contribution in [0.4, 0.5) is 0 Å². The number of methoxy groups -OCH3 is 1. The van der Waals surface area contributed by atoms with Crippen molar-refractivity contribution in [3.63, 3.8) is 0 Å². The number of rotatable bonds is 8. The van der Waals surface area contributed by atoms with Gasteiger partial charge >= 0.3 is 0 Å². The van der Waals surface area contributed by atoms with E-state index in [2.05, 4.69) is 62.1 Å². The molecule has 0 aromatic carbocycles. The minimum atomic E-state index is 0.0307. The van der Waals surface area contributed by atoms with Crippen molar-refractivity contribution in [2.45, 2.75) is 25.6 Å². The summed E-state index contributed by atoms with van der Waals surface area (Å²) in [6.45, 7) is 3.52. The van der Waals surface area contributed by atoms with E-state index in [1.807, 2.05) is 21.0 Å². The third-order valence-corrected chi connectivity index (χ3v) is 6.22. The third kappa shape index (κ3) is 5.51. The molecule has 0 aliphatic carbocycles. The van der Waals surface area contributed by atoms with Crippen molar-refractivity contribution in [2.24, 2.45) is 4.99 Å². The van der Waals surface area contributed by atoms with E-state index in [4.69, 9.17) is 4.74 Å². The Bertz CT molecular complexity index is 684. The first kappa shape index (κ1) is 20.8. The molecule has 0 spiro atoms. The van der Waals surface area contributed by atoms with Crippen molar-refractivity contribution in [1.29, 1.82) is 0 Å². The SMILES string of the molecule is CN=C(NCC(c1cccs1)N(C)C)N(C)Cc1csc(C(C)OC)n1. The topological polar surface area (TPSA) is 53.0 Å². The number of likely N-dealkylation sites (N-methyl/N-ethyl adjacent to an activating group) is 1. The lowest BCUT2D eigenvalue weighted by atomic mass is 10.2. The molecule has 0 radical (unpaired) electrons. The van der Waals surface area contributed by atoms with Crippen molar-refractivity contribution >= 4 is 28.6 Å². The second kappa shape index (κ2) is 10.0. The highest BCUT2D eigenvalue weighted by Crippen LogP contribution is 2.23. The Balaban J connectivity index is 1.96. The molecule has 1 N–H and O–H groups in total. The van der Waals surface area contributed by atoms with Gasteiger partial charge < -0.3 is 19.9 Å². The van der Waals surface area contributed by atoms with Gasteiger partial charge in [0.15, 0.2) is 5.96 Å². The third-order valence-electron chi connectivity index (χ3n) is 4.19. The summed E-state index contributed by atoms with van der Waals surface area (Å²) < 4.78 is 5.34. The van der Waals surface area contributed by atoms with E-state index >= 15 is 0 Å². The molecular weight excluding hydrogens is 366 g/mol. The Kier molecular flexibility index (Phi) is 8.02. The number of guanidine groups is 1. The van der Waals surface area contributed by atoms with Crippen LogP contribution in [0.25, 0.3) is 0 Å². The van der Waals surface area contributed by atoms with Crippen LogP contribution in [0.5, 0.6) is 0 Å². The molecule has 0 aliphatic heterocycles. The highest BCUT2D eigenvalue weighted by Gasteiger charge is 2.17. The molecule has 0 aliphatic rings. The van der Waals surface area contributed by atoms with Gasteiger partial charge in [-0.3, -0.25) is 4.99 Å². The van der Waals surface area contributed by atoms with E-state index in [1.165, 1.54) is 4.88 Å². The van der Waals surface area contributed by atoms with Gasteiger partial charge in [-0.15, -0.1) is 22.7 Å². The number of hydrogen-bond donors (Lipinski definition) is 1. The summed E-state index contributed by atoms with van der Waals surface area (Å²) in [5.41, 5.74) is 1.03. The maximum absolute atomic E-state index is 5.34. The number of nitrogens with one attached hydrogen (secondary N) is 1. The molecule has 0 fully saturated rings. The number of hydrogen-bond acceptors (Lipinski definition) is 6. The van der Waals surface area contributed by atoms with Crippen LogP contribution in [-0.2, 0) is 11.3 Å². The molecule has 2 atom stereocenters. The van der Waals surface area contributed by atoms with Crippen molar-refractivity contribution in [3.8, 4) is 0 Å². The van der Waals surface area contributed by atoms with Crippen molar-refractivity contribution in [3.05, 3.63) is 38.5 Å². The number of thiazole rings is 1.